The monoisotopic (exact) mass is 443 g/mol. The van der Waals surface area contributed by atoms with Crippen molar-refractivity contribution in [1.82, 2.24) is 4.90 Å². The Morgan fingerprint density at radius 2 is 2.03 bits per heavy atom. The smallest absolute Gasteiger partial charge is 0.490 e. The molecule has 4 rings (SSSR count). The number of carbonyl (C=O) groups excluding carboxylic acids is 1. The molecule has 172 valence electrons. The number of aliphatic carboxylic acids is 1. The van der Waals surface area contributed by atoms with E-state index in [9.17, 15) is 18.0 Å². The van der Waals surface area contributed by atoms with Crippen LogP contribution >= 0.6 is 0 Å². The summed E-state index contributed by atoms with van der Waals surface area (Å²) in [5.74, 6) is -0.820. The summed E-state index contributed by atoms with van der Waals surface area (Å²) in [7, 11) is 3.50. The SMILES string of the molecule is COCCN1CC[C@]23CC(=O)CC[C@H]2[C@H]1Cc1ccc(OC)cc13.O=C(O)C(F)(F)F. The van der Waals surface area contributed by atoms with Crippen LogP contribution in [0.25, 0.3) is 0 Å². The summed E-state index contributed by atoms with van der Waals surface area (Å²) in [6, 6.07) is 7.04. The fourth-order valence-electron chi connectivity index (χ4n) is 5.50. The number of halogens is 3. The van der Waals surface area contributed by atoms with E-state index in [2.05, 4.69) is 23.1 Å². The molecular weight excluding hydrogens is 415 g/mol. The highest BCUT2D eigenvalue weighted by Gasteiger charge is 2.55. The lowest BCUT2D eigenvalue weighted by Crippen LogP contribution is -2.62. The molecule has 3 atom stereocenters. The molecule has 0 unspecified atom stereocenters. The third kappa shape index (κ3) is 4.72. The fraction of sp³-hybridized carbons (Fsp3) is 0.636. The first-order valence-corrected chi connectivity index (χ1v) is 10.3. The van der Waals surface area contributed by atoms with Crippen LogP contribution in [0.3, 0.4) is 0 Å². The zero-order valence-electron chi connectivity index (χ0n) is 17.7. The third-order valence-corrected chi connectivity index (χ3v) is 6.84. The number of likely N-dealkylation sites (tertiary alicyclic amines) is 1. The summed E-state index contributed by atoms with van der Waals surface area (Å²) < 4.78 is 42.5. The van der Waals surface area contributed by atoms with E-state index in [0.717, 1.165) is 51.1 Å². The topological polar surface area (TPSA) is 76.1 Å². The first-order valence-electron chi connectivity index (χ1n) is 10.3. The van der Waals surface area contributed by atoms with Crippen LogP contribution in [0.1, 0.15) is 36.8 Å². The highest BCUT2D eigenvalue weighted by molar-refractivity contribution is 5.81. The van der Waals surface area contributed by atoms with Gasteiger partial charge in [-0.05, 0) is 55.0 Å². The average Bonchev–Trinajstić information content (AvgIpc) is 2.72. The Bertz CT molecular complexity index is 828. The Hall–Kier alpha value is -2.13. The van der Waals surface area contributed by atoms with Gasteiger partial charge in [0.05, 0.1) is 13.7 Å². The minimum atomic E-state index is -5.08. The van der Waals surface area contributed by atoms with E-state index in [0.29, 0.717) is 24.2 Å². The standard InChI is InChI=1S/C20H27NO3.C2HF3O2/c1-23-10-9-21-8-7-20-13-15(22)4-6-17(20)19(21)11-14-3-5-16(24-2)12-18(14)20;3-2(4,5)1(6)7/h3,5,12,17,19H,4,6-11,13H2,1-2H3;(H,6,7)/t17-,19+,20-;/m0./s1. The van der Waals surface area contributed by atoms with Crippen molar-refractivity contribution in [2.45, 2.75) is 49.7 Å². The van der Waals surface area contributed by atoms with E-state index in [4.69, 9.17) is 19.4 Å². The number of hydrogen-bond donors (Lipinski definition) is 1. The van der Waals surface area contributed by atoms with Gasteiger partial charge in [0.2, 0.25) is 0 Å². The van der Waals surface area contributed by atoms with Crippen molar-refractivity contribution < 1.29 is 37.3 Å². The fourth-order valence-corrected chi connectivity index (χ4v) is 5.50. The molecule has 0 aromatic heterocycles. The molecule has 2 bridgehead atoms. The molecule has 1 N–H and O–H groups in total. The van der Waals surface area contributed by atoms with Crippen molar-refractivity contribution >= 4 is 11.8 Å². The van der Waals surface area contributed by atoms with E-state index >= 15 is 0 Å². The number of methoxy groups -OCH3 is 2. The van der Waals surface area contributed by atoms with Gasteiger partial charge < -0.3 is 14.6 Å². The first-order chi connectivity index (χ1) is 14.6. The van der Waals surface area contributed by atoms with Crippen molar-refractivity contribution in [3.05, 3.63) is 29.3 Å². The van der Waals surface area contributed by atoms with Gasteiger partial charge in [0.25, 0.3) is 0 Å². The van der Waals surface area contributed by atoms with Gasteiger partial charge >= 0.3 is 12.1 Å². The van der Waals surface area contributed by atoms with Gasteiger partial charge in [0.15, 0.2) is 0 Å². The maximum atomic E-state index is 12.4. The van der Waals surface area contributed by atoms with Crippen molar-refractivity contribution in [3.8, 4) is 5.75 Å². The first kappa shape index (κ1) is 23.5. The van der Waals surface area contributed by atoms with Crippen molar-refractivity contribution in [2.75, 3.05) is 33.9 Å². The van der Waals surface area contributed by atoms with Crippen LogP contribution in [0.4, 0.5) is 13.2 Å². The predicted octanol–water partition coefficient (Wildman–Crippen LogP) is 3.21. The molecule has 2 aliphatic carbocycles. The van der Waals surface area contributed by atoms with Crippen LogP contribution in [-0.2, 0) is 26.2 Å². The second-order valence-electron chi connectivity index (χ2n) is 8.39. The van der Waals surface area contributed by atoms with Crippen LogP contribution in [0.5, 0.6) is 5.75 Å². The van der Waals surface area contributed by atoms with Crippen molar-refractivity contribution in [1.29, 1.82) is 0 Å². The number of piperidine rings is 1. The van der Waals surface area contributed by atoms with Crippen LogP contribution in [-0.4, -0.2) is 67.9 Å². The molecule has 1 aliphatic heterocycles. The van der Waals surface area contributed by atoms with E-state index in [1.807, 2.05) is 0 Å². The molecule has 1 aromatic carbocycles. The van der Waals surface area contributed by atoms with Crippen LogP contribution < -0.4 is 4.74 Å². The molecule has 1 saturated heterocycles. The third-order valence-electron chi connectivity index (χ3n) is 6.84. The average molecular weight is 443 g/mol. The normalized spacial score (nSPS) is 27.5. The summed E-state index contributed by atoms with van der Waals surface area (Å²) in [4.78, 5) is 23.9. The molecule has 3 aliphatic rings. The Morgan fingerprint density at radius 3 is 2.65 bits per heavy atom. The van der Waals surface area contributed by atoms with Gasteiger partial charge in [-0.1, -0.05) is 6.07 Å². The number of nitrogens with zero attached hydrogens (tertiary/aromatic N) is 1. The molecule has 9 heteroatoms. The lowest BCUT2D eigenvalue weighted by molar-refractivity contribution is -0.192. The molecule has 0 amide bonds. The summed E-state index contributed by atoms with van der Waals surface area (Å²) in [5, 5.41) is 7.12. The molecule has 31 heavy (non-hydrogen) atoms. The minimum absolute atomic E-state index is 0.0334. The highest BCUT2D eigenvalue weighted by atomic mass is 19.4. The van der Waals surface area contributed by atoms with E-state index in [1.165, 1.54) is 11.1 Å². The highest BCUT2D eigenvalue weighted by Crippen LogP contribution is 2.55. The lowest BCUT2D eigenvalue weighted by Gasteiger charge is -2.58. The maximum Gasteiger partial charge on any atom is 0.490 e. The molecule has 6 nitrogen and oxygen atoms in total. The molecule has 2 fully saturated rings. The zero-order valence-corrected chi connectivity index (χ0v) is 17.7. The number of hydrogen-bond acceptors (Lipinski definition) is 5. The van der Waals surface area contributed by atoms with Crippen molar-refractivity contribution in [3.63, 3.8) is 0 Å². The van der Waals surface area contributed by atoms with Gasteiger partial charge in [-0.15, -0.1) is 0 Å². The molecule has 0 spiro atoms. The lowest BCUT2D eigenvalue weighted by atomic mass is 9.52. The number of carbonyl (C=O) groups is 2. The summed E-state index contributed by atoms with van der Waals surface area (Å²) in [6.45, 7) is 2.84. The van der Waals surface area contributed by atoms with Gasteiger partial charge in [0, 0.05) is 38.0 Å². The number of carboxylic acid groups (broad SMARTS) is 1. The zero-order chi connectivity index (χ0) is 22.8. The number of alkyl halides is 3. The second-order valence-corrected chi connectivity index (χ2v) is 8.39. The summed E-state index contributed by atoms with van der Waals surface area (Å²) in [6.07, 6.45) is -0.427. The number of carboxylic acids is 1. The van der Waals surface area contributed by atoms with Gasteiger partial charge in [-0.3, -0.25) is 9.69 Å². The number of Topliss-reactive ketones (excluding diaryl/α,β-unsaturated/α-hetero) is 1. The van der Waals surface area contributed by atoms with Crippen LogP contribution in [0.15, 0.2) is 18.2 Å². The minimum Gasteiger partial charge on any atom is -0.497 e. The van der Waals surface area contributed by atoms with Gasteiger partial charge in [0.1, 0.15) is 11.5 Å². The largest absolute Gasteiger partial charge is 0.497 e. The van der Waals surface area contributed by atoms with Gasteiger partial charge in [-0.2, -0.15) is 13.2 Å². The van der Waals surface area contributed by atoms with Crippen LogP contribution in [0.2, 0.25) is 0 Å². The Balaban J connectivity index is 0.000000339. The second kappa shape index (κ2) is 9.16. The molecule has 1 saturated carbocycles. The number of ketones is 1. The molecule has 0 radical (unpaired) electrons. The van der Waals surface area contributed by atoms with E-state index in [-0.39, 0.29) is 5.41 Å². The number of fused-ring (bicyclic) bond motifs is 1. The predicted molar refractivity (Wildman–Crippen MR) is 106 cm³/mol. The summed E-state index contributed by atoms with van der Waals surface area (Å²) >= 11 is 0. The number of ether oxygens (including phenoxy) is 2. The van der Waals surface area contributed by atoms with Crippen LogP contribution in [0, 0.1) is 5.92 Å². The Morgan fingerprint density at radius 1 is 1.32 bits per heavy atom. The van der Waals surface area contributed by atoms with E-state index in [1.54, 1.807) is 14.2 Å². The Labute approximate surface area is 179 Å². The quantitative estimate of drug-likeness (QED) is 0.770. The molecular formula is C22H28F3NO5. The molecule has 1 heterocycles. The number of rotatable bonds is 4. The van der Waals surface area contributed by atoms with E-state index < -0.39 is 12.1 Å². The van der Waals surface area contributed by atoms with Gasteiger partial charge in [-0.25, -0.2) is 4.79 Å². The Kier molecular flexibility index (Phi) is 6.95. The maximum absolute atomic E-state index is 12.4. The van der Waals surface area contributed by atoms with Crippen molar-refractivity contribution in [2.24, 2.45) is 5.92 Å². The number of benzene rings is 1. The molecule has 1 aromatic rings. The summed E-state index contributed by atoms with van der Waals surface area (Å²) in [5.41, 5.74) is 2.84.